The molecule has 0 saturated carbocycles. The van der Waals surface area contributed by atoms with E-state index in [9.17, 15) is 0 Å². The Morgan fingerprint density at radius 1 is 1.44 bits per heavy atom. The minimum atomic E-state index is 0.708. The van der Waals surface area contributed by atoms with Crippen molar-refractivity contribution < 1.29 is 0 Å². The van der Waals surface area contributed by atoms with Gasteiger partial charge < -0.3 is 5.43 Å². The molecular formula is C6H15N3. The van der Waals surface area contributed by atoms with E-state index in [4.69, 9.17) is 0 Å². The molecule has 0 spiro atoms. The van der Waals surface area contributed by atoms with Crippen molar-refractivity contribution in [3.05, 3.63) is 0 Å². The van der Waals surface area contributed by atoms with Crippen molar-refractivity contribution in [3.63, 3.8) is 0 Å². The largest absolute Gasteiger partial charge is 0.310 e. The van der Waals surface area contributed by atoms with E-state index in [0.717, 1.165) is 5.92 Å². The molecule has 3 nitrogen and oxygen atoms in total. The van der Waals surface area contributed by atoms with Gasteiger partial charge in [0.2, 0.25) is 0 Å². The highest BCUT2D eigenvalue weighted by Crippen LogP contribution is 1.81. The number of nitrogens with one attached hydrogen (secondary N) is 2. The summed E-state index contributed by atoms with van der Waals surface area (Å²) in [6.07, 6.45) is 1.62. The predicted molar refractivity (Wildman–Crippen MR) is 40.1 cm³/mol. The summed E-state index contributed by atoms with van der Waals surface area (Å²) in [5.41, 5.74) is 5.43. The topological polar surface area (TPSA) is 36.4 Å². The molecule has 0 atom stereocenters. The van der Waals surface area contributed by atoms with Crippen LogP contribution in [-0.2, 0) is 0 Å². The summed E-state index contributed by atoms with van der Waals surface area (Å²) in [7, 11) is 0. The predicted octanol–water partition coefficient (Wildman–Crippen LogP) is 0.742. The summed E-state index contributed by atoms with van der Waals surface area (Å²) in [6.45, 7) is 7.21. The molecule has 0 fully saturated rings. The minimum absolute atomic E-state index is 0.708. The Morgan fingerprint density at radius 3 is 2.11 bits per heavy atom. The summed E-state index contributed by atoms with van der Waals surface area (Å²) in [5, 5.41) is 0. The van der Waals surface area contributed by atoms with Crippen molar-refractivity contribution in [2.45, 2.75) is 20.8 Å². The first-order chi connectivity index (χ1) is 4.23. The van der Waals surface area contributed by atoms with Gasteiger partial charge in [-0.25, -0.2) is 5.43 Å². The second kappa shape index (κ2) is 5.56. The van der Waals surface area contributed by atoms with Crippen molar-refractivity contribution >= 4 is 6.34 Å². The Labute approximate surface area is 56.5 Å². The summed E-state index contributed by atoms with van der Waals surface area (Å²) < 4.78 is 0. The second-order valence-electron chi connectivity index (χ2n) is 2.52. The van der Waals surface area contributed by atoms with E-state index in [1.165, 1.54) is 0 Å². The minimum Gasteiger partial charge on any atom is -0.310 e. The summed E-state index contributed by atoms with van der Waals surface area (Å²) in [5.74, 6) is 0.833. The lowest BCUT2D eigenvalue weighted by Gasteiger charge is -1.80. The molecule has 1 aliphatic heterocycles. The molecule has 54 valence electrons. The van der Waals surface area contributed by atoms with Crippen molar-refractivity contribution in [2.75, 3.05) is 6.67 Å². The van der Waals surface area contributed by atoms with Gasteiger partial charge in [-0.2, -0.15) is 0 Å². The quantitative estimate of drug-likeness (QED) is 0.506. The molecular weight excluding hydrogens is 114 g/mol. The Morgan fingerprint density at radius 2 is 2.00 bits per heavy atom. The van der Waals surface area contributed by atoms with Crippen LogP contribution in [0, 0.1) is 5.92 Å². The van der Waals surface area contributed by atoms with Gasteiger partial charge in [0.15, 0.2) is 0 Å². The van der Waals surface area contributed by atoms with Crippen LogP contribution in [0.5, 0.6) is 0 Å². The number of hydrogen-bond donors (Lipinski definition) is 2. The van der Waals surface area contributed by atoms with Gasteiger partial charge in [-0.05, 0) is 5.92 Å². The fourth-order valence-electron chi connectivity index (χ4n) is 0.228. The average molecular weight is 129 g/mol. The van der Waals surface area contributed by atoms with Crippen LogP contribution in [0.4, 0.5) is 0 Å². The Bertz CT molecular complexity index is 69.6. The van der Waals surface area contributed by atoms with Gasteiger partial charge >= 0.3 is 0 Å². The van der Waals surface area contributed by atoms with Crippen molar-refractivity contribution in [3.8, 4) is 0 Å². The normalized spacial score (nSPS) is 14.7. The highest BCUT2D eigenvalue weighted by Gasteiger charge is 1.79. The van der Waals surface area contributed by atoms with E-state index in [0.29, 0.717) is 6.67 Å². The summed E-state index contributed by atoms with van der Waals surface area (Å²) in [4.78, 5) is 3.74. The van der Waals surface area contributed by atoms with Crippen LogP contribution in [0.15, 0.2) is 4.99 Å². The lowest BCUT2D eigenvalue weighted by atomic mass is 10.3. The molecule has 0 unspecified atom stereocenters. The van der Waals surface area contributed by atoms with E-state index in [-0.39, 0.29) is 0 Å². The third-order valence-electron chi connectivity index (χ3n) is 0.428. The summed E-state index contributed by atoms with van der Waals surface area (Å²) >= 11 is 0. The average Bonchev–Trinajstić information content (AvgIpc) is 2.11. The van der Waals surface area contributed by atoms with E-state index >= 15 is 0 Å². The molecule has 0 saturated heterocycles. The number of aliphatic imine (C=N–C) groups is 1. The molecule has 0 radical (unpaired) electrons. The van der Waals surface area contributed by atoms with Crippen LogP contribution >= 0.6 is 0 Å². The van der Waals surface area contributed by atoms with Gasteiger partial charge in [0, 0.05) is 0 Å². The zero-order chi connectivity index (χ0) is 7.11. The molecule has 9 heavy (non-hydrogen) atoms. The lowest BCUT2D eigenvalue weighted by Crippen LogP contribution is -2.22. The molecule has 0 amide bonds. The van der Waals surface area contributed by atoms with E-state index in [1.54, 1.807) is 6.34 Å². The molecule has 0 bridgehead atoms. The van der Waals surface area contributed by atoms with Crippen LogP contribution in [0.3, 0.4) is 0 Å². The molecule has 0 aromatic rings. The molecule has 3 heteroatoms. The molecule has 2 N–H and O–H groups in total. The zero-order valence-corrected chi connectivity index (χ0v) is 6.31. The van der Waals surface area contributed by atoms with Gasteiger partial charge in [-0.1, -0.05) is 20.8 Å². The monoisotopic (exact) mass is 129 g/mol. The van der Waals surface area contributed by atoms with Crippen LogP contribution in [0.25, 0.3) is 0 Å². The molecule has 0 aromatic heterocycles. The van der Waals surface area contributed by atoms with E-state index in [1.807, 2.05) is 0 Å². The Kier molecular flexibility index (Phi) is 5.21. The highest BCUT2D eigenvalue weighted by atomic mass is 15.4. The fraction of sp³-hybridized carbons (Fsp3) is 0.833. The Balaban J connectivity index is 0.000000148. The molecule has 1 aliphatic rings. The van der Waals surface area contributed by atoms with Crippen molar-refractivity contribution in [1.82, 2.24) is 10.9 Å². The molecule has 0 aromatic carbocycles. The molecule has 1 rings (SSSR count). The van der Waals surface area contributed by atoms with Gasteiger partial charge in [0.05, 0.1) is 6.34 Å². The number of hydrogen-bond acceptors (Lipinski definition) is 3. The maximum absolute atomic E-state index is 3.74. The van der Waals surface area contributed by atoms with Crippen LogP contribution in [0.1, 0.15) is 20.8 Å². The fourth-order valence-corrected chi connectivity index (χ4v) is 0.228. The lowest BCUT2D eigenvalue weighted by molar-refractivity contribution is 0.731. The smallest absolute Gasteiger partial charge is 0.107 e. The van der Waals surface area contributed by atoms with Gasteiger partial charge in [-0.15, -0.1) is 0 Å². The highest BCUT2D eigenvalue weighted by molar-refractivity contribution is 5.54. The van der Waals surface area contributed by atoms with Gasteiger partial charge in [0.1, 0.15) is 6.67 Å². The maximum atomic E-state index is 3.74. The van der Waals surface area contributed by atoms with Crippen molar-refractivity contribution in [2.24, 2.45) is 10.9 Å². The zero-order valence-electron chi connectivity index (χ0n) is 6.31. The van der Waals surface area contributed by atoms with Crippen LogP contribution in [0.2, 0.25) is 0 Å². The first-order valence-corrected chi connectivity index (χ1v) is 3.20. The van der Waals surface area contributed by atoms with Gasteiger partial charge in [-0.3, -0.25) is 4.99 Å². The Hall–Kier alpha value is -0.570. The molecule has 1 heterocycles. The third-order valence-corrected chi connectivity index (χ3v) is 0.428. The first-order valence-electron chi connectivity index (χ1n) is 3.20. The van der Waals surface area contributed by atoms with E-state index in [2.05, 4.69) is 36.6 Å². The first kappa shape index (κ1) is 8.43. The third kappa shape index (κ3) is 11.2. The van der Waals surface area contributed by atoms with E-state index < -0.39 is 0 Å². The maximum Gasteiger partial charge on any atom is 0.107 e. The van der Waals surface area contributed by atoms with Gasteiger partial charge in [0.25, 0.3) is 0 Å². The summed E-state index contributed by atoms with van der Waals surface area (Å²) in [6, 6.07) is 0. The second-order valence-corrected chi connectivity index (χ2v) is 2.52. The number of nitrogens with zero attached hydrogens (tertiary/aromatic N) is 1. The van der Waals surface area contributed by atoms with Crippen LogP contribution < -0.4 is 10.9 Å². The standard InChI is InChI=1S/C4H10.C2H5N3/c1-4(2)3;1-3-2-5-4-1/h4H,1-3H3;1,5H,2H2,(H,3,4). The SMILES string of the molecule is C1=NCNN1.CC(C)C. The number of hydrazine groups is 1. The molecule has 0 aliphatic carbocycles. The van der Waals surface area contributed by atoms with Crippen LogP contribution in [-0.4, -0.2) is 13.0 Å². The number of rotatable bonds is 0. The van der Waals surface area contributed by atoms with Crippen molar-refractivity contribution in [1.29, 1.82) is 0 Å².